The second-order valence-corrected chi connectivity index (χ2v) is 14.6. The molecule has 0 aromatic heterocycles. The zero-order valence-electron chi connectivity index (χ0n) is 24.3. The van der Waals surface area contributed by atoms with E-state index in [1.54, 1.807) is 6.92 Å². The third-order valence-corrected chi connectivity index (χ3v) is 13.1. The van der Waals surface area contributed by atoms with Crippen LogP contribution in [-0.2, 0) is 14.3 Å². The van der Waals surface area contributed by atoms with Crippen molar-refractivity contribution >= 4 is 5.97 Å². The molecule has 2 aliphatic heterocycles. The lowest BCUT2D eigenvalue weighted by Gasteiger charge is -2.62. The van der Waals surface area contributed by atoms with Gasteiger partial charge in [0.05, 0.1) is 39.0 Å². The normalized spacial score (nSPS) is 48.5. The second-order valence-electron chi connectivity index (χ2n) is 14.6. The van der Waals surface area contributed by atoms with E-state index in [-0.39, 0.29) is 35.0 Å². The molecule has 6 nitrogen and oxygen atoms in total. The number of hydrogen-bond donors (Lipinski definition) is 1. The molecule has 0 unspecified atom stereocenters. The Kier molecular flexibility index (Phi) is 7.27. The van der Waals surface area contributed by atoms with Crippen LogP contribution >= 0.6 is 0 Å². The quantitative estimate of drug-likeness (QED) is 0.325. The van der Waals surface area contributed by atoms with E-state index in [0.717, 1.165) is 56.6 Å². The molecule has 0 amide bonds. The number of morpholine rings is 1. The van der Waals surface area contributed by atoms with E-state index < -0.39 is 0 Å². The van der Waals surface area contributed by atoms with Gasteiger partial charge in [0.15, 0.2) is 6.10 Å². The summed E-state index contributed by atoms with van der Waals surface area (Å²) in [6.45, 7) is 17.7. The van der Waals surface area contributed by atoms with Crippen molar-refractivity contribution in [1.82, 2.24) is 4.90 Å². The van der Waals surface area contributed by atoms with Gasteiger partial charge in [0, 0.05) is 50.7 Å². The third kappa shape index (κ3) is 4.23. The number of esters is 1. The summed E-state index contributed by atoms with van der Waals surface area (Å²) in [6, 6.07) is 0.663. The molecule has 214 valence electrons. The standard InChI is InChI=1S/C32H53N2O4/c1-5-14-34(15-6-7-16-34)28-20-26-24-9-8-23-19-29(36)27(33-12-17-37-18-13-33)21-32(23,4)25(24)10-11-31(26,3)30(28)38-22(2)35/h5,23-30,36H,1,6-21H2,2-4H3/q+1/t23-,24+,25-,26-,27-,28+,29+,30+,31-,32-/m0/s1. The van der Waals surface area contributed by atoms with Crippen LogP contribution in [0.2, 0.25) is 0 Å². The largest absolute Gasteiger partial charge is 0.456 e. The monoisotopic (exact) mass is 529 g/mol. The van der Waals surface area contributed by atoms with Crippen molar-refractivity contribution in [2.24, 2.45) is 34.5 Å². The Labute approximate surface area is 230 Å². The number of aliphatic hydroxyl groups is 1. The van der Waals surface area contributed by atoms with Crippen LogP contribution < -0.4 is 0 Å². The molecule has 2 heterocycles. The van der Waals surface area contributed by atoms with Gasteiger partial charge in [0.25, 0.3) is 0 Å². The van der Waals surface area contributed by atoms with Crippen LogP contribution in [0, 0.1) is 34.5 Å². The topological polar surface area (TPSA) is 59.0 Å². The minimum absolute atomic E-state index is 0.0174. The van der Waals surface area contributed by atoms with Crippen molar-refractivity contribution in [1.29, 1.82) is 0 Å². The van der Waals surface area contributed by atoms with Crippen LogP contribution in [0.4, 0.5) is 0 Å². The fourth-order valence-corrected chi connectivity index (χ4v) is 11.3. The zero-order valence-corrected chi connectivity index (χ0v) is 24.3. The van der Waals surface area contributed by atoms with Gasteiger partial charge in [0.2, 0.25) is 0 Å². The molecule has 6 fully saturated rings. The first-order chi connectivity index (χ1) is 18.2. The number of ether oxygens (including phenoxy) is 2. The maximum atomic E-state index is 12.5. The highest BCUT2D eigenvalue weighted by Crippen LogP contribution is 2.67. The maximum Gasteiger partial charge on any atom is 0.303 e. The Hall–Kier alpha value is -0.950. The summed E-state index contributed by atoms with van der Waals surface area (Å²) in [5.41, 5.74) is 0.343. The summed E-state index contributed by atoms with van der Waals surface area (Å²) >= 11 is 0. The van der Waals surface area contributed by atoms with Gasteiger partial charge in [-0.25, -0.2) is 0 Å². The van der Waals surface area contributed by atoms with E-state index in [0.29, 0.717) is 29.7 Å². The highest BCUT2D eigenvalue weighted by atomic mass is 16.5. The summed E-state index contributed by atoms with van der Waals surface area (Å²) in [4.78, 5) is 15.0. The minimum atomic E-state index is -0.209. The van der Waals surface area contributed by atoms with Crippen molar-refractivity contribution in [2.75, 3.05) is 45.9 Å². The molecule has 6 rings (SSSR count). The Balaban J connectivity index is 1.30. The average molecular weight is 530 g/mol. The van der Waals surface area contributed by atoms with Crippen LogP contribution in [-0.4, -0.2) is 90.7 Å². The molecule has 1 N–H and O–H groups in total. The second kappa shape index (κ2) is 10.2. The lowest BCUT2D eigenvalue weighted by molar-refractivity contribution is -0.937. The number of carbonyl (C=O) groups is 1. The highest BCUT2D eigenvalue weighted by molar-refractivity contribution is 5.66. The first-order valence-electron chi connectivity index (χ1n) is 15.9. The molecule has 0 bridgehead atoms. The Morgan fingerprint density at radius 3 is 2.53 bits per heavy atom. The van der Waals surface area contributed by atoms with Gasteiger partial charge in [-0.2, -0.15) is 0 Å². The Bertz CT molecular complexity index is 898. The maximum absolute atomic E-state index is 12.5. The van der Waals surface area contributed by atoms with Crippen molar-refractivity contribution in [3.63, 3.8) is 0 Å². The lowest BCUT2D eigenvalue weighted by atomic mass is 9.44. The van der Waals surface area contributed by atoms with Crippen LogP contribution in [0.1, 0.15) is 78.6 Å². The molecular weight excluding hydrogens is 476 g/mol. The molecule has 6 heteroatoms. The van der Waals surface area contributed by atoms with Crippen LogP contribution in [0.25, 0.3) is 0 Å². The fraction of sp³-hybridized carbons (Fsp3) is 0.906. The van der Waals surface area contributed by atoms with E-state index in [1.165, 1.54) is 51.6 Å². The number of carbonyl (C=O) groups excluding carboxylic acids is 1. The summed E-state index contributed by atoms with van der Waals surface area (Å²) < 4.78 is 13.1. The molecule has 0 aromatic carbocycles. The van der Waals surface area contributed by atoms with Crippen molar-refractivity contribution in [3.05, 3.63) is 12.7 Å². The predicted octanol–water partition coefficient (Wildman–Crippen LogP) is 4.41. The van der Waals surface area contributed by atoms with Gasteiger partial charge in [-0.3, -0.25) is 9.69 Å². The summed E-state index contributed by atoms with van der Waals surface area (Å²) in [5, 5.41) is 11.3. The summed E-state index contributed by atoms with van der Waals surface area (Å²) in [5.74, 6) is 2.54. The fourth-order valence-electron chi connectivity index (χ4n) is 11.3. The minimum Gasteiger partial charge on any atom is -0.456 e. The number of hydrogen-bond acceptors (Lipinski definition) is 5. The molecule has 4 saturated carbocycles. The number of rotatable bonds is 5. The molecular formula is C32H53N2O4+. The van der Waals surface area contributed by atoms with E-state index >= 15 is 0 Å². The van der Waals surface area contributed by atoms with Gasteiger partial charge in [-0.1, -0.05) is 20.4 Å². The van der Waals surface area contributed by atoms with E-state index in [9.17, 15) is 9.90 Å². The molecule has 0 radical (unpaired) electrons. The molecule has 0 spiro atoms. The smallest absolute Gasteiger partial charge is 0.303 e. The van der Waals surface area contributed by atoms with E-state index in [4.69, 9.17) is 9.47 Å². The van der Waals surface area contributed by atoms with Crippen molar-refractivity contribution < 1.29 is 23.9 Å². The van der Waals surface area contributed by atoms with Crippen LogP contribution in [0.3, 0.4) is 0 Å². The molecule has 4 aliphatic carbocycles. The summed E-state index contributed by atoms with van der Waals surface area (Å²) in [6.07, 6.45) is 12.7. The Morgan fingerprint density at radius 2 is 1.84 bits per heavy atom. The first-order valence-corrected chi connectivity index (χ1v) is 15.9. The van der Waals surface area contributed by atoms with E-state index in [2.05, 4.69) is 31.4 Å². The zero-order chi connectivity index (χ0) is 26.7. The summed E-state index contributed by atoms with van der Waals surface area (Å²) in [7, 11) is 0. The van der Waals surface area contributed by atoms with Gasteiger partial charge in [0.1, 0.15) is 6.04 Å². The molecule has 10 atom stereocenters. The van der Waals surface area contributed by atoms with Gasteiger partial charge in [-0.05, 0) is 73.7 Å². The molecule has 6 aliphatic rings. The van der Waals surface area contributed by atoms with Gasteiger partial charge < -0.3 is 19.1 Å². The SMILES string of the molecule is C=CC[N+]1([C@@H]2C[C@H]3[C@@H]4CC[C@H]5C[C@@H](O)[C@@H](N6CCOCC6)C[C@]5(C)[C@H]4CC[C@]3(C)[C@@H]2OC(C)=O)CCCC1. The Morgan fingerprint density at radius 1 is 1.11 bits per heavy atom. The van der Waals surface area contributed by atoms with Crippen LogP contribution in [0.15, 0.2) is 12.7 Å². The number of likely N-dealkylation sites (tertiary alicyclic amines) is 1. The van der Waals surface area contributed by atoms with Crippen molar-refractivity contribution in [2.45, 2.75) is 103 Å². The number of fused-ring (bicyclic) bond motifs is 5. The van der Waals surface area contributed by atoms with Gasteiger partial charge >= 0.3 is 5.97 Å². The van der Waals surface area contributed by atoms with Gasteiger partial charge in [-0.15, -0.1) is 0 Å². The number of quaternary nitrogens is 1. The highest BCUT2D eigenvalue weighted by Gasteiger charge is 2.67. The van der Waals surface area contributed by atoms with Crippen LogP contribution in [0.5, 0.6) is 0 Å². The lowest BCUT2D eigenvalue weighted by Crippen LogP contribution is -2.61. The van der Waals surface area contributed by atoms with Crippen molar-refractivity contribution in [3.8, 4) is 0 Å². The predicted molar refractivity (Wildman–Crippen MR) is 148 cm³/mol. The molecule has 38 heavy (non-hydrogen) atoms. The molecule has 2 saturated heterocycles. The average Bonchev–Trinajstić information content (AvgIpc) is 3.48. The van der Waals surface area contributed by atoms with E-state index in [1.807, 2.05) is 0 Å². The molecule has 0 aromatic rings. The number of nitrogens with zero attached hydrogens (tertiary/aromatic N) is 2. The number of aliphatic hydroxyl groups excluding tert-OH is 1. The third-order valence-electron chi connectivity index (χ3n) is 13.1. The first kappa shape index (κ1) is 27.2.